The van der Waals surface area contributed by atoms with Crippen LogP contribution in [-0.4, -0.2) is 24.5 Å². The van der Waals surface area contributed by atoms with Gasteiger partial charge < -0.3 is 24.5 Å². The first-order valence-corrected chi connectivity index (χ1v) is 7.17. The molecule has 0 amide bonds. The molecule has 0 atom stereocenters. The standard InChI is InChI=1S/H4N2.H5O10P3/c1-2;1-11(2,3)9-13(7,8)10-12(4,5)6/h1-2H2;(H,7,8)(H2,1,2,3)(H2,4,5,6). The van der Waals surface area contributed by atoms with Crippen molar-refractivity contribution in [1.82, 2.24) is 0 Å². The highest BCUT2D eigenvalue weighted by Crippen LogP contribution is 2.64. The summed E-state index contributed by atoms with van der Waals surface area (Å²) in [6.45, 7) is 0. The molecule has 0 bridgehead atoms. The second kappa shape index (κ2) is 6.16. The Labute approximate surface area is 82.9 Å². The summed E-state index contributed by atoms with van der Waals surface area (Å²) in [5.41, 5.74) is 0. The van der Waals surface area contributed by atoms with Crippen molar-refractivity contribution < 1.29 is 46.8 Å². The molecule has 0 spiro atoms. The molecule has 0 saturated heterocycles. The fourth-order valence-electron chi connectivity index (χ4n) is 0.284. The number of nitrogens with two attached hydrogens (primary N) is 2. The van der Waals surface area contributed by atoms with Crippen LogP contribution in [0.5, 0.6) is 0 Å². The monoisotopic (exact) mass is 290 g/mol. The average Bonchev–Trinajstić information content (AvgIpc) is 1.79. The van der Waals surface area contributed by atoms with E-state index < -0.39 is 23.5 Å². The van der Waals surface area contributed by atoms with Gasteiger partial charge >= 0.3 is 23.5 Å². The first-order chi connectivity index (χ1) is 6.41. The molecule has 0 saturated carbocycles. The predicted molar refractivity (Wildman–Crippen MR) is 44.5 cm³/mol. The number of hydrogen-bond donors (Lipinski definition) is 7. The topological polar surface area (TPSA) is 223 Å². The van der Waals surface area contributed by atoms with E-state index in [0.29, 0.717) is 0 Å². The normalized spacial score (nSPS) is 13.0. The van der Waals surface area contributed by atoms with E-state index in [-0.39, 0.29) is 0 Å². The van der Waals surface area contributed by atoms with Crippen molar-refractivity contribution in [2.45, 2.75) is 0 Å². The van der Waals surface area contributed by atoms with Gasteiger partial charge in [-0.2, -0.15) is 8.62 Å². The first kappa shape index (κ1) is 17.7. The van der Waals surface area contributed by atoms with Crippen LogP contribution in [0.1, 0.15) is 0 Å². The van der Waals surface area contributed by atoms with E-state index in [2.05, 4.69) is 20.3 Å². The lowest BCUT2D eigenvalue weighted by molar-refractivity contribution is 0.204. The van der Waals surface area contributed by atoms with Gasteiger partial charge in [0.05, 0.1) is 0 Å². The van der Waals surface area contributed by atoms with Crippen LogP contribution in [0.3, 0.4) is 0 Å². The Balaban J connectivity index is 0. The number of hydrogen-bond acceptors (Lipinski definition) is 7. The zero-order valence-electron chi connectivity index (χ0n) is 6.77. The van der Waals surface area contributed by atoms with E-state index in [1.807, 2.05) is 0 Å². The Hall–Kier alpha value is 0.330. The Bertz CT molecular complexity index is 281. The van der Waals surface area contributed by atoms with Gasteiger partial charge in [0.25, 0.3) is 0 Å². The zero-order valence-corrected chi connectivity index (χ0v) is 9.46. The molecule has 0 aliphatic rings. The highest BCUT2D eigenvalue weighted by atomic mass is 31.3. The molecular weight excluding hydrogens is 281 g/mol. The molecule has 0 aliphatic heterocycles. The second-order valence-electron chi connectivity index (χ2n) is 1.61. The van der Waals surface area contributed by atoms with Crippen molar-refractivity contribution in [3.05, 3.63) is 0 Å². The molecule has 12 nitrogen and oxygen atoms in total. The summed E-state index contributed by atoms with van der Waals surface area (Å²) in [7, 11) is -16.2. The number of phosphoric acid groups is 3. The van der Waals surface area contributed by atoms with Crippen molar-refractivity contribution in [3.63, 3.8) is 0 Å². The van der Waals surface area contributed by atoms with Gasteiger partial charge in [-0.25, -0.2) is 13.7 Å². The van der Waals surface area contributed by atoms with E-state index >= 15 is 0 Å². The molecule has 0 aliphatic carbocycles. The third-order valence-corrected chi connectivity index (χ3v) is 3.77. The van der Waals surface area contributed by atoms with Gasteiger partial charge in [0.1, 0.15) is 0 Å². The molecule has 0 rings (SSSR count). The third-order valence-electron chi connectivity index (χ3n) is 0.419. The molecule has 0 aromatic rings. The Kier molecular flexibility index (Phi) is 7.28. The number of rotatable bonds is 4. The van der Waals surface area contributed by atoms with Crippen molar-refractivity contribution in [2.75, 3.05) is 0 Å². The molecule has 0 unspecified atom stereocenters. The van der Waals surface area contributed by atoms with E-state index in [4.69, 9.17) is 24.5 Å². The largest absolute Gasteiger partial charge is 0.490 e. The summed E-state index contributed by atoms with van der Waals surface area (Å²) in [5, 5.41) is 0. The molecule has 0 heterocycles. The van der Waals surface area contributed by atoms with Gasteiger partial charge in [0, 0.05) is 0 Å². The van der Waals surface area contributed by atoms with Gasteiger partial charge in [-0.15, -0.1) is 0 Å². The summed E-state index contributed by atoms with van der Waals surface area (Å²) in [6.07, 6.45) is 0. The molecule has 15 heavy (non-hydrogen) atoms. The first-order valence-electron chi connectivity index (χ1n) is 2.61. The summed E-state index contributed by atoms with van der Waals surface area (Å²) >= 11 is 0. The minimum atomic E-state index is -5.46. The maximum absolute atomic E-state index is 10.4. The van der Waals surface area contributed by atoms with Crippen molar-refractivity contribution in [2.24, 2.45) is 11.7 Å². The summed E-state index contributed by atoms with van der Waals surface area (Å²) in [5.74, 6) is 8.00. The van der Waals surface area contributed by atoms with Crippen LogP contribution >= 0.6 is 23.5 Å². The van der Waals surface area contributed by atoms with Crippen LogP contribution in [0.15, 0.2) is 0 Å². The molecule has 0 radical (unpaired) electrons. The van der Waals surface area contributed by atoms with Crippen LogP contribution in [-0.2, 0) is 22.3 Å². The molecular formula is H9N2O10P3. The third kappa shape index (κ3) is 14.3. The van der Waals surface area contributed by atoms with Gasteiger partial charge in [0.15, 0.2) is 0 Å². The highest BCUT2D eigenvalue weighted by Gasteiger charge is 2.38. The van der Waals surface area contributed by atoms with E-state index in [1.165, 1.54) is 0 Å². The van der Waals surface area contributed by atoms with Gasteiger partial charge in [-0.1, -0.05) is 0 Å². The van der Waals surface area contributed by atoms with Crippen LogP contribution in [0.4, 0.5) is 0 Å². The second-order valence-corrected chi connectivity index (χ2v) is 5.82. The summed E-state index contributed by atoms with van der Waals surface area (Å²) < 4.78 is 36.4. The fraction of sp³-hybridized carbons (Fsp3) is 0. The van der Waals surface area contributed by atoms with Crippen molar-refractivity contribution in [1.29, 1.82) is 0 Å². The van der Waals surface area contributed by atoms with E-state index in [1.54, 1.807) is 0 Å². The molecule has 0 fully saturated rings. The highest BCUT2D eigenvalue weighted by molar-refractivity contribution is 7.66. The minimum absolute atomic E-state index is 3.06. The minimum Gasteiger partial charge on any atom is -0.302 e. The molecule has 94 valence electrons. The average molecular weight is 290 g/mol. The summed E-state index contributed by atoms with van der Waals surface area (Å²) in [6, 6.07) is 0. The lowest BCUT2D eigenvalue weighted by Gasteiger charge is -2.11. The molecule has 15 heteroatoms. The Morgan fingerprint density at radius 2 is 0.933 bits per heavy atom. The lowest BCUT2D eigenvalue weighted by Crippen LogP contribution is -2.02. The molecule has 9 N–H and O–H groups in total. The smallest absolute Gasteiger partial charge is 0.302 e. The maximum Gasteiger partial charge on any atom is 0.490 e. The van der Waals surface area contributed by atoms with Crippen molar-refractivity contribution >= 4 is 23.5 Å². The molecule has 0 aromatic heterocycles. The van der Waals surface area contributed by atoms with Crippen molar-refractivity contribution in [3.8, 4) is 0 Å². The van der Waals surface area contributed by atoms with Gasteiger partial charge in [-0.05, 0) is 0 Å². The van der Waals surface area contributed by atoms with E-state index in [9.17, 15) is 13.7 Å². The van der Waals surface area contributed by atoms with Gasteiger partial charge in [0.2, 0.25) is 0 Å². The van der Waals surface area contributed by atoms with E-state index in [0.717, 1.165) is 0 Å². The quantitative estimate of drug-likeness (QED) is 0.171. The SMILES string of the molecule is NN.O=P(O)(O)OP(=O)(O)OP(=O)(O)O. The Morgan fingerprint density at radius 3 is 1.07 bits per heavy atom. The molecule has 0 aromatic carbocycles. The predicted octanol–water partition coefficient (Wildman–Crippen LogP) is -1.88. The zero-order chi connectivity index (χ0) is 12.9. The van der Waals surface area contributed by atoms with Crippen LogP contribution in [0.25, 0.3) is 0 Å². The number of hydrazine groups is 1. The lowest BCUT2D eigenvalue weighted by atomic mass is 13.0. The van der Waals surface area contributed by atoms with Crippen LogP contribution in [0, 0.1) is 0 Å². The van der Waals surface area contributed by atoms with Crippen LogP contribution in [0.2, 0.25) is 0 Å². The Morgan fingerprint density at radius 1 is 0.733 bits per heavy atom. The maximum atomic E-state index is 10.4. The summed E-state index contributed by atoms with van der Waals surface area (Å²) in [4.78, 5) is 40.2. The van der Waals surface area contributed by atoms with Gasteiger partial charge in [-0.3, -0.25) is 11.7 Å². The fourth-order valence-corrected chi connectivity index (χ4v) is 2.82. The van der Waals surface area contributed by atoms with Crippen LogP contribution < -0.4 is 11.7 Å².